The summed E-state index contributed by atoms with van der Waals surface area (Å²) in [4.78, 5) is 12.2. The summed E-state index contributed by atoms with van der Waals surface area (Å²) in [6.45, 7) is 5.25. The Labute approximate surface area is 156 Å². The third-order valence-electron chi connectivity index (χ3n) is 4.71. The summed E-state index contributed by atoms with van der Waals surface area (Å²) in [5.74, 6) is 1.51. The lowest BCUT2D eigenvalue weighted by Gasteiger charge is -2.08. The van der Waals surface area contributed by atoms with Crippen LogP contribution in [0.15, 0.2) is 54.6 Å². The van der Waals surface area contributed by atoms with Crippen LogP contribution in [0.5, 0.6) is 5.75 Å². The molecule has 138 valence electrons. The van der Waals surface area contributed by atoms with Crippen LogP contribution in [0.25, 0.3) is 0 Å². The van der Waals surface area contributed by atoms with Gasteiger partial charge in [0.1, 0.15) is 12.4 Å². The topological polar surface area (TPSA) is 50.4 Å². The zero-order valence-electron chi connectivity index (χ0n) is 15.4. The molecule has 2 N–H and O–H groups in total. The van der Waals surface area contributed by atoms with Gasteiger partial charge in [-0.25, -0.2) is 0 Å². The van der Waals surface area contributed by atoms with Crippen molar-refractivity contribution in [1.82, 2.24) is 10.6 Å². The number of nitrogens with one attached hydrogen (secondary N) is 2. The molecule has 2 unspecified atom stereocenters. The van der Waals surface area contributed by atoms with E-state index >= 15 is 0 Å². The highest BCUT2D eigenvalue weighted by Crippen LogP contribution is 2.47. The lowest BCUT2D eigenvalue weighted by atomic mass is 10.1. The second-order valence-corrected chi connectivity index (χ2v) is 6.83. The van der Waals surface area contributed by atoms with E-state index in [0.717, 1.165) is 37.2 Å². The lowest BCUT2D eigenvalue weighted by Crippen LogP contribution is -2.33. The molecule has 1 aliphatic carbocycles. The molecule has 2 atom stereocenters. The zero-order valence-corrected chi connectivity index (χ0v) is 15.4. The number of carbonyl (C=O) groups is 1. The standard InChI is InChI=1S/C22H28N2O2/c1-2-12-23-13-14-24-22(25)21-15-20(21)18-8-10-19(11-9-18)26-16-17-6-4-3-5-7-17/h3-11,20-21,23H,2,12-16H2,1H3,(H,24,25). The highest BCUT2D eigenvalue weighted by molar-refractivity contribution is 5.82. The SMILES string of the molecule is CCCNCCNC(=O)C1CC1c1ccc(OCc2ccccc2)cc1. The maximum atomic E-state index is 12.2. The molecule has 0 bridgehead atoms. The molecule has 4 heteroatoms. The summed E-state index contributed by atoms with van der Waals surface area (Å²) < 4.78 is 5.82. The summed E-state index contributed by atoms with van der Waals surface area (Å²) in [5, 5.41) is 6.32. The third kappa shape index (κ3) is 5.33. The highest BCUT2D eigenvalue weighted by Gasteiger charge is 2.43. The fourth-order valence-electron chi connectivity index (χ4n) is 3.11. The van der Waals surface area contributed by atoms with Gasteiger partial charge >= 0.3 is 0 Å². The van der Waals surface area contributed by atoms with Crippen molar-refractivity contribution < 1.29 is 9.53 Å². The van der Waals surface area contributed by atoms with Crippen molar-refractivity contribution in [3.05, 3.63) is 65.7 Å². The normalized spacial score (nSPS) is 18.3. The summed E-state index contributed by atoms with van der Waals surface area (Å²) in [6, 6.07) is 18.3. The fourth-order valence-corrected chi connectivity index (χ4v) is 3.11. The highest BCUT2D eigenvalue weighted by atomic mass is 16.5. The van der Waals surface area contributed by atoms with Crippen LogP contribution in [-0.2, 0) is 11.4 Å². The summed E-state index contributed by atoms with van der Waals surface area (Å²) in [5.41, 5.74) is 2.38. The molecule has 0 aromatic heterocycles. The molecule has 1 aliphatic rings. The largest absolute Gasteiger partial charge is 0.489 e. The van der Waals surface area contributed by atoms with Crippen LogP contribution in [0.2, 0.25) is 0 Å². The predicted octanol–water partition coefficient (Wildman–Crippen LogP) is 3.48. The molecule has 0 aliphatic heterocycles. The Morgan fingerprint density at radius 2 is 1.81 bits per heavy atom. The van der Waals surface area contributed by atoms with Crippen LogP contribution in [0.1, 0.15) is 36.8 Å². The number of hydrogen-bond acceptors (Lipinski definition) is 3. The quantitative estimate of drug-likeness (QED) is 0.644. The molecule has 26 heavy (non-hydrogen) atoms. The Hall–Kier alpha value is -2.33. The van der Waals surface area contributed by atoms with Gasteiger partial charge in [0.15, 0.2) is 0 Å². The first kappa shape index (κ1) is 18.5. The Balaban J connectivity index is 1.41. The Morgan fingerprint density at radius 3 is 2.54 bits per heavy atom. The van der Waals surface area contributed by atoms with Gasteiger partial charge in [0.25, 0.3) is 0 Å². The van der Waals surface area contributed by atoms with Crippen molar-refractivity contribution in [2.45, 2.75) is 32.3 Å². The van der Waals surface area contributed by atoms with Crippen molar-refractivity contribution in [3.63, 3.8) is 0 Å². The van der Waals surface area contributed by atoms with Crippen LogP contribution in [-0.4, -0.2) is 25.5 Å². The average Bonchev–Trinajstić information content (AvgIpc) is 3.48. The molecule has 4 nitrogen and oxygen atoms in total. The number of benzene rings is 2. The summed E-state index contributed by atoms with van der Waals surface area (Å²) in [6.07, 6.45) is 2.06. The Kier molecular flexibility index (Phi) is 6.67. The van der Waals surface area contributed by atoms with Crippen LogP contribution >= 0.6 is 0 Å². The van der Waals surface area contributed by atoms with E-state index in [2.05, 4.69) is 41.8 Å². The maximum Gasteiger partial charge on any atom is 0.223 e. The molecule has 1 fully saturated rings. The maximum absolute atomic E-state index is 12.2. The van der Waals surface area contributed by atoms with Crippen molar-refractivity contribution in [3.8, 4) is 5.75 Å². The third-order valence-corrected chi connectivity index (χ3v) is 4.71. The van der Waals surface area contributed by atoms with Gasteiger partial charge in [-0.3, -0.25) is 4.79 Å². The minimum atomic E-state index is 0.122. The van der Waals surface area contributed by atoms with Gasteiger partial charge in [0.05, 0.1) is 0 Å². The zero-order chi connectivity index (χ0) is 18.2. The van der Waals surface area contributed by atoms with Crippen molar-refractivity contribution in [1.29, 1.82) is 0 Å². The van der Waals surface area contributed by atoms with Crippen LogP contribution in [0.4, 0.5) is 0 Å². The molecule has 1 saturated carbocycles. The van der Waals surface area contributed by atoms with E-state index in [0.29, 0.717) is 19.1 Å². The van der Waals surface area contributed by atoms with Gasteiger partial charge in [0, 0.05) is 19.0 Å². The number of rotatable bonds is 10. The number of carbonyl (C=O) groups excluding carboxylic acids is 1. The van der Waals surface area contributed by atoms with E-state index in [1.54, 1.807) is 0 Å². The second-order valence-electron chi connectivity index (χ2n) is 6.83. The van der Waals surface area contributed by atoms with E-state index < -0.39 is 0 Å². The van der Waals surface area contributed by atoms with Gasteiger partial charge in [0.2, 0.25) is 5.91 Å². The number of amides is 1. The number of ether oxygens (including phenoxy) is 1. The van der Waals surface area contributed by atoms with E-state index in [-0.39, 0.29) is 11.8 Å². The minimum absolute atomic E-state index is 0.122. The van der Waals surface area contributed by atoms with Gasteiger partial charge in [-0.15, -0.1) is 0 Å². The van der Waals surface area contributed by atoms with Gasteiger partial charge in [-0.2, -0.15) is 0 Å². The van der Waals surface area contributed by atoms with Gasteiger partial charge in [-0.1, -0.05) is 49.4 Å². The molecule has 0 radical (unpaired) electrons. The molecule has 0 saturated heterocycles. The van der Waals surface area contributed by atoms with E-state index in [1.807, 2.05) is 30.3 Å². The fraction of sp³-hybridized carbons (Fsp3) is 0.409. The smallest absolute Gasteiger partial charge is 0.223 e. The van der Waals surface area contributed by atoms with Crippen molar-refractivity contribution in [2.75, 3.05) is 19.6 Å². The summed E-state index contributed by atoms with van der Waals surface area (Å²) >= 11 is 0. The molecular weight excluding hydrogens is 324 g/mol. The molecular formula is C22H28N2O2. The first-order valence-corrected chi connectivity index (χ1v) is 9.53. The van der Waals surface area contributed by atoms with Crippen LogP contribution < -0.4 is 15.4 Å². The lowest BCUT2D eigenvalue weighted by molar-refractivity contribution is -0.122. The van der Waals surface area contributed by atoms with Gasteiger partial charge < -0.3 is 15.4 Å². The Bertz CT molecular complexity index is 685. The summed E-state index contributed by atoms with van der Waals surface area (Å²) in [7, 11) is 0. The molecule has 1 amide bonds. The monoisotopic (exact) mass is 352 g/mol. The molecule has 2 aromatic rings. The Morgan fingerprint density at radius 1 is 1.04 bits per heavy atom. The van der Waals surface area contributed by atoms with Crippen LogP contribution in [0.3, 0.4) is 0 Å². The first-order valence-electron chi connectivity index (χ1n) is 9.53. The van der Waals surface area contributed by atoms with E-state index in [1.165, 1.54) is 5.56 Å². The van der Waals surface area contributed by atoms with E-state index in [9.17, 15) is 4.79 Å². The molecule has 0 heterocycles. The first-order chi connectivity index (χ1) is 12.8. The van der Waals surface area contributed by atoms with Gasteiger partial charge in [-0.05, 0) is 48.6 Å². The number of hydrogen-bond donors (Lipinski definition) is 2. The molecule has 3 rings (SSSR count). The average molecular weight is 352 g/mol. The predicted molar refractivity (Wildman–Crippen MR) is 104 cm³/mol. The molecule has 2 aromatic carbocycles. The van der Waals surface area contributed by atoms with E-state index in [4.69, 9.17) is 4.74 Å². The second kappa shape index (κ2) is 9.39. The van der Waals surface area contributed by atoms with Crippen molar-refractivity contribution in [2.24, 2.45) is 5.92 Å². The minimum Gasteiger partial charge on any atom is -0.489 e. The van der Waals surface area contributed by atoms with Crippen molar-refractivity contribution >= 4 is 5.91 Å². The van der Waals surface area contributed by atoms with Crippen LogP contribution in [0, 0.1) is 5.92 Å². The molecule has 0 spiro atoms.